The quantitative estimate of drug-likeness (QED) is 0.778. The van der Waals surface area contributed by atoms with Crippen LogP contribution in [0.25, 0.3) is 12.0 Å². The van der Waals surface area contributed by atoms with E-state index in [1.54, 1.807) is 37.7 Å². The number of halogens is 1. The van der Waals surface area contributed by atoms with Crippen LogP contribution in [0.5, 0.6) is 0 Å². The zero-order valence-electron chi connectivity index (χ0n) is 13.7. The van der Waals surface area contributed by atoms with Crippen molar-refractivity contribution in [1.82, 2.24) is 15.0 Å². The fraction of sp³-hybridized carbons (Fsp3) is 0.353. The van der Waals surface area contributed by atoms with Gasteiger partial charge in [-0.3, -0.25) is 4.79 Å². The molecule has 1 aromatic heterocycles. The van der Waals surface area contributed by atoms with Crippen molar-refractivity contribution in [3.05, 3.63) is 47.2 Å². The first-order valence-corrected chi connectivity index (χ1v) is 7.69. The molecule has 1 heterocycles. The Morgan fingerprint density at radius 1 is 1.30 bits per heavy atom. The molecule has 5 nitrogen and oxygen atoms in total. The van der Waals surface area contributed by atoms with Gasteiger partial charge in [0.1, 0.15) is 5.76 Å². The number of nitrogens with zero attached hydrogens (tertiary/aromatic N) is 3. The second-order valence-electron chi connectivity index (χ2n) is 6.26. The molecule has 1 unspecified atom stereocenters. The Kier molecular flexibility index (Phi) is 5.21. The van der Waals surface area contributed by atoms with Gasteiger partial charge in [-0.05, 0) is 31.2 Å². The SMILES string of the molecule is CC(O/C(=C\n1ccnn1)c1ccc(Cl)cc1)C(=O)C(C)(C)C. The number of benzene rings is 1. The van der Waals surface area contributed by atoms with Gasteiger partial charge in [0.25, 0.3) is 0 Å². The number of Topliss-reactive ketones (excluding diaryl/α,β-unsaturated/α-hetero) is 1. The Bertz CT molecular complexity index is 686. The van der Waals surface area contributed by atoms with Crippen LogP contribution in [-0.4, -0.2) is 26.9 Å². The summed E-state index contributed by atoms with van der Waals surface area (Å²) in [5.41, 5.74) is 0.330. The molecule has 0 saturated carbocycles. The summed E-state index contributed by atoms with van der Waals surface area (Å²) in [7, 11) is 0. The summed E-state index contributed by atoms with van der Waals surface area (Å²) in [6.07, 6.45) is 4.36. The van der Waals surface area contributed by atoms with E-state index in [9.17, 15) is 4.79 Å². The molecule has 2 aromatic rings. The molecule has 122 valence electrons. The van der Waals surface area contributed by atoms with E-state index in [0.29, 0.717) is 10.8 Å². The average molecular weight is 334 g/mol. The molecule has 0 aliphatic rings. The monoisotopic (exact) mass is 333 g/mol. The lowest BCUT2D eigenvalue weighted by atomic mass is 9.88. The molecule has 6 heteroatoms. The van der Waals surface area contributed by atoms with E-state index < -0.39 is 11.5 Å². The maximum absolute atomic E-state index is 12.4. The third-order valence-electron chi connectivity index (χ3n) is 3.23. The fourth-order valence-electron chi connectivity index (χ4n) is 2.05. The Hall–Kier alpha value is -2.14. The molecule has 1 atom stereocenters. The van der Waals surface area contributed by atoms with E-state index in [2.05, 4.69) is 10.3 Å². The Morgan fingerprint density at radius 3 is 2.48 bits per heavy atom. The second kappa shape index (κ2) is 6.96. The van der Waals surface area contributed by atoms with Crippen molar-refractivity contribution in [2.75, 3.05) is 0 Å². The van der Waals surface area contributed by atoms with Crippen LogP contribution in [0, 0.1) is 5.41 Å². The molecule has 0 N–H and O–H groups in total. The minimum atomic E-state index is -0.583. The van der Waals surface area contributed by atoms with Crippen molar-refractivity contribution in [2.45, 2.75) is 33.8 Å². The number of rotatable bonds is 5. The molecular weight excluding hydrogens is 314 g/mol. The largest absolute Gasteiger partial charge is 0.481 e. The van der Waals surface area contributed by atoms with Crippen LogP contribution in [0.4, 0.5) is 0 Å². The summed E-state index contributed by atoms with van der Waals surface area (Å²) >= 11 is 5.93. The highest BCUT2D eigenvalue weighted by Crippen LogP contribution is 2.25. The highest BCUT2D eigenvalue weighted by atomic mass is 35.5. The maximum atomic E-state index is 12.4. The zero-order chi connectivity index (χ0) is 17.0. The highest BCUT2D eigenvalue weighted by Gasteiger charge is 2.28. The van der Waals surface area contributed by atoms with Crippen molar-refractivity contribution in [2.24, 2.45) is 5.41 Å². The molecule has 0 spiro atoms. The van der Waals surface area contributed by atoms with Crippen molar-refractivity contribution in [3.8, 4) is 0 Å². The Labute approximate surface area is 140 Å². The Balaban J connectivity index is 2.31. The topological polar surface area (TPSA) is 57.0 Å². The van der Waals surface area contributed by atoms with Crippen LogP contribution in [0.2, 0.25) is 5.02 Å². The molecule has 0 bridgehead atoms. The van der Waals surface area contributed by atoms with Crippen molar-refractivity contribution in [3.63, 3.8) is 0 Å². The summed E-state index contributed by atoms with van der Waals surface area (Å²) < 4.78 is 7.44. The zero-order valence-corrected chi connectivity index (χ0v) is 14.4. The Morgan fingerprint density at radius 2 is 1.96 bits per heavy atom. The van der Waals surface area contributed by atoms with Crippen LogP contribution in [-0.2, 0) is 9.53 Å². The predicted octanol–water partition coefficient (Wildman–Crippen LogP) is 3.91. The van der Waals surface area contributed by atoms with E-state index in [0.717, 1.165) is 5.56 Å². The lowest BCUT2D eigenvalue weighted by Gasteiger charge is -2.23. The van der Waals surface area contributed by atoms with Gasteiger partial charge in [0.05, 0.1) is 18.6 Å². The summed E-state index contributed by atoms with van der Waals surface area (Å²) in [6, 6.07) is 7.20. The van der Waals surface area contributed by atoms with Crippen LogP contribution < -0.4 is 0 Å². The highest BCUT2D eigenvalue weighted by molar-refractivity contribution is 6.30. The molecule has 23 heavy (non-hydrogen) atoms. The van der Waals surface area contributed by atoms with Crippen molar-refractivity contribution in [1.29, 1.82) is 0 Å². The number of carbonyl (C=O) groups is 1. The predicted molar refractivity (Wildman–Crippen MR) is 90.7 cm³/mol. The van der Waals surface area contributed by atoms with Gasteiger partial charge in [0.2, 0.25) is 0 Å². The van der Waals surface area contributed by atoms with E-state index >= 15 is 0 Å². The minimum Gasteiger partial charge on any atom is -0.481 e. The van der Waals surface area contributed by atoms with Crippen LogP contribution in [0.3, 0.4) is 0 Å². The first-order chi connectivity index (χ1) is 10.8. The first kappa shape index (κ1) is 17.2. The standard InChI is InChI=1S/C17H20ClN3O2/c1-12(16(22)17(2,3)4)23-15(11-21-10-9-19-20-21)13-5-7-14(18)8-6-13/h5-12H,1-4H3/b15-11-. The molecule has 0 amide bonds. The van der Waals surface area contributed by atoms with Crippen molar-refractivity contribution < 1.29 is 9.53 Å². The lowest BCUT2D eigenvalue weighted by Crippen LogP contribution is -2.32. The minimum absolute atomic E-state index is 0.0240. The van der Waals surface area contributed by atoms with Gasteiger partial charge in [0.15, 0.2) is 11.9 Å². The molecule has 0 radical (unpaired) electrons. The fourth-order valence-corrected chi connectivity index (χ4v) is 2.17. The van der Waals surface area contributed by atoms with E-state index in [-0.39, 0.29) is 5.78 Å². The maximum Gasteiger partial charge on any atom is 0.178 e. The normalized spacial score (nSPS) is 13.7. The molecule has 1 aromatic carbocycles. The number of ether oxygens (including phenoxy) is 1. The number of hydrogen-bond acceptors (Lipinski definition) is 4. The van der Waals surface area contributed by atoms with Gasteiger partial charge in [-0.25, -0.2) is 4.68 Å². The van der Waals surface area contributed by atoms with Gasteiger partial charge in [-0.2, -0.15) is 0 Å². The summed E-state index contributed by atoms with van der Waals surface area (Å²) in [4.78, 5) is 12.4. The number of ketones is 1. The van der Waals surface area contributed by atoms with Gasteiger partial charge >= 0.3 is 0 Å². The number of carbonyl (C=O) groups excluding carboxylic acids is 1. The van der Waals surface area contributed by atoms with Gasteiger partial charge in [-0.15, -0.1) is 5.10 Å². The van der Waals surface area contributed by atoms with Crippen molar-refractivity contribution >= 4 is 29.3 Å². The van der Waals surface area contributed by atoms with Gasteiger partial charge in [-0.1, -0.05) is 37.6 Å². The third kappa shape index (κ3) is 4.66. The van der Waals surface area contributed by atoms with Gasteiger partial charge in [0, 0.05) is 16.0 Å². The lowest BCUT2D eigenvalue weighted by molar-refractivity contribution is -0.133. The summed E-state index contributed by atoms with van der Waals surface area (Å²) in [6.45, 7) is 7.37. The third-order valence-corrected chi connectivity index (χ3v) is 3.48. The molecule has 0 aliphatic heterocycles. The van der Waals surface area contributed by atoms with Crippen LogP contribution in [0.1, 0.15) is 33.3 Å². The number of hydrogen-bond donors (Lipinski definition) is 0. The smallest absolute Gasteiger partial charge is 0.178 e. The summed E-state index contributed by atoms with van der Waals surface area (Å²) in [5, 5.41) is 8.29. The van der Waals surface area contributed by atoms with Crippen LogP contribution >= 0.6 is 11.6 Å². The first-order valence-electron chi connectivity index (χ1n) is 7.32. The average Bonchev–Trinajstić information content (AvgIpc) is 2.98. The van der Waals surface area contributed by atoms with E-state index in [4.69, 9.17) is 16.3 Å². The molecule has 0 fully saturated rings. The molecule has 0 aliphatic carbocycles. The number of aromatic nitrogens is 3. The van der Waals surface area contributed by atoms with Gasteiger partial charge < -0.3 is 4.74 Å². The molecular formula is C17H20ClN3O2. The summed E-state index contributed by atoms with van der Waals surface area (Å²) in [5.74, 6) is 0.549. The van der Waals surface area contributed by atoms with E-state index in [1.165, 1.54) is 4.68 Å². The van der Waals surface area contributed by atoms with Crippen LogP contribution in [0.15, 0.2) is 36.7 Å². The molecule has 2 rings (SSSR count). The molecule has 0 saturated heterocycles. The second-order valence-corrected chi connectivity index (χ2v) is 6.69. The van der Waals surface area contributed by atoms with E-state index in [1.807, 2.05) is 32.9 Å².